The number of nitro groups is 1. The van der Waals surface area contributed by atoms with Gasteiger partial charge >= 0.3 is 0 Å². The summed E-state index contributed by atoms with van der Waals surface area (Å²) in [6.07, 6.45) is 0.962. The molecular formula is C23H20N4O4S2. The third-order valence-electron chi connectivity index (χ3n) is 4.99. The number of aromatic hydroxyl groups is 1. The molecule has 4 aromatic rings. The molecule has 2 heterocycles. The van der Waals surface area contributed by atoms with Crippen LogP contribution in [0.2, 0.25) is 0 Å². The van der Waals surface area contributed by atoms with E-state index in [1.165, 1.54) is 40.8 Å². The van der Waals surface area contributed by atoms with Gasteiger partial charge in [-0.25, -0.2) is 9.97 Å². The van der Waals surface area contributed by atoms with Crippen LogP contribution >= 0.6 is 23.1 Å². The highest BCUT2D eigenvalue weighted by Crippen LogP contribution is 2.38. The van der Waals surface area contributed by atoms with Crippen LogP contribution in [0.25, 0.3) is 21.3 Å². The van der Waals surface area contributed by atoms with Crippen LogP contribution in [-0.4, -0.2) is 31.7 Å². The zero-order chi connectivity index (χ0) is 23.5. The number of phenolic OH excluding ortho intramolecular Hbond substituents is 1. The molecule has 33 heavy (non-hydrogen) atoms. The van der Waals surface area contributed by atoms with Crippen molar-refractivity contribution in [2.75, 3.05) is 11.1 Å². The van der Waals surface area contributed by atoms with Gasteiger partial charge in [0.15, 0.2) is 0 Å². The van der Waals surface area contributed by atoms with E-state index in [1.807, 2.05) is 5.38 Å². The van der Waals surface area contributed by atoms with Crippen molar-refractivity contribution in [2.45, 2.75) is 25.3 Å². The molecule has 168 valence electrons. The number of fused-ring (bicyclic) bond motifs is 1. The Bertz CT molecular complexity index is 1350. The van der Waals surface area contributed by atoms with E-state index >= 15 is 0 Å². The SMILES string of the molecule is CCc1ccc(-c2csc3nc(C)nc(SCC(=O)Nc4cc([N+](=O)[O-])ccc4O)c23)cc1. The number of aromatic nitrogens is 2. The maximum absolute atomic E-state index is 12.6. The van der Waals surface area contributed by atoms with E-state index < -0.39 is 10.8 Å². The average molecular weight is 481 g/mol. The number of thioether (sulfide) groups is 1. The number of nitrogens with one attached hydrogen (secondary N) is 1. The van der Waals surface area contributed by atoms with E-state index in [-0.39, 0.29) is 22.9 Å². The van der Waals surface area contributed by atoms with Gasteiger partial charge in [0.1, 0.15) is 21.4 Å². The Labute approximate surface area is 197 Å². The van der Waals surface area contributed by atoms with Gasteiger partial charge in [0.2, 0.25) is 5.91 Å². The molecule has 0 fully saturated rings. The number of benzene rings is 2. The lowest BCUT2D eigenvalue weighted by Gasteiger charge is -2.09. The number of amides is 1. The fraction of sp³-hybridized carbons (Fsp3) is 0.174. The van der Waals surface area contributed by atoms with Gasteiger partial charge < -0.3 is 10.4 Å². The first kappa shape index (κ1) is 22.7. The van der Waals surface area contributed by atoms with Gasteiger partial charge in [-0.2, -0.15) is 0 Å². The van der Waals surface area contributed by atoms with E-state index in [1.54, 1.807) is 6.92 Å². The summed E-state index contributed by atoms with van der Waals surface area (Å²) in [7, 11) is 0. The summed E-state index contributed by atoms with van der Waals surface area (Å²) in [5.41, 5.74) is 3.09. The van der Waals surface area contributed by atoms with Crippen molar-refractivity contribution in [3.63, 3.8) is 0 Å². The summed E-state index contributed by atoms with van der Waals surface area (Å²) in [6, 6.07) is 11.8. The predicted molar refractivity (Wildman–Crippen MR) is 131 cm³/mol. The summed E-state index contributed by atoms with van der Waals surface area (Å²) in [6.45, 7) is 3.92. The van der Waals surface area contributed by atoms with Gasteiger partial charge in [0, 0.05) is 23.1 Å². The fourth-order valence-corrected chi connectivity index (χ4v) is 5.25. The van der Waals surface area contributed by atoms with Crippen LogP contribution in [0.5, 0.6) is 5.75 Å². The molecule has 0 atom stereocenters. The second-order valence-electron chi connectivity index (χ2n) is 7.25. The Morgan fingerprint density at radius 3 is 2.67 bits per heavy atom. The second-order valence-corrected chi connectivity index (χ2v) is 9.07. The highest BCUT2D eigenvalue weighted by atomic mass is 32.2. The van der Waals surface area contributed by atoms with Crippen LogP contribution in [0.15, 0.2) is 52.9 Å². The van der Waals surface area contributed by atoms with Crippen molar-refractivity contribution in [1.29, 1.82) is 0 Å². The largest absolute Gasteiger partial charge is 0.506 e. The Hall–Kier alpha value is -3.50. The Morgan fingerprint density at radius 1 is 1.21 bits per heavy atom. The maximum atomic E-state index is 12.6. The Balaban J connectivity index is 1.58. The number of non-ortho nitro benzene ring substituents is 1. The second kappa shape index (κ2) is 9.55. The Kier molecular flexibility index (Phi) is 6.57. The van der Waals surface area contributed by atoms with E-state index in [9.17, 15) is 20.0 Å². The monoisotopic (exact) mass is 480 g/mol. The molecule has 0 bridgehead atoms. The predicted octanol–water partition coefficient (Wildman–Crippen LogP) is 5.57. The van der Waals surface area contributed by atoms with E-state index in [0.717, 1.165) is 33.8 Å². The number of hydrogen-bond acceptors (Lipinski definition) is 8. The number of carbonyl (C=O) groups is 1. The third-order valence-corrected chi connectivity index (χ3v) is 6.84. The van der Waals surface area contributed by atoms with Crippen molar-refractivity contribution in [2.24, 2.45) is 0 Å². The normalized spacial score (nSPS) is 11.0. The molecule has 1 amide bonds. The molecule has 10 heteroatoms. The minimum atomic E-state index is -0.588. The highest BCUT2D eigenvalue weighted by molar-refractivity contribution is 8.00. The minimum Gasteiger partial charge on any atom is -0.506 e. The molecule has 0 spiro atoms. The van der Waals surface area contributed by atoms with Crippen LogP contribution in [0.1, 0.15) is 18.3 Å². The topological polar surface area (TPSA) is 118 Å². The van der Waals surface area contributed by atoms with Gasteiger partial charge in [-0.3, -0.25) is 14.9 Å². The van der Waals surface area contributed by atoms with Crippen molar-refractivity contribution in [3.05, 3.63) is 69.3 Å². The summed E-state index contributed by atoms with van der Waals surface area (Å²) in [4.78, 5) is 32.9. The van der Waals surface area contributed by atoms with Crippen LogP contribution in [0.4, 0.5) is 11.4 Å². The number of anilines is 1. The number of aryl methyl sites for hydroxylation is 2. The molecule has 0 saturated carbocycles. The lowest BCUT2D eigenvalue weighted by molar-refractivity contribution is -0.384. The zero-order valence-electron chi connectivity index (χ0n) is 17.9. The number of hydrogen-bond donors (Lipinski definition) is 2. The standard InChI is InChI=1S/C23H20N4O4S2/c1-3-14-4-6-15(7-5-14)17-11-32-22-21(17)23(25-13(2)24-22)33-12-20(29)26-18-10-16(27(30)31)8-9-19(18)28/h4-11,28H,3,12H2,1-2H3,(H,26,29). The van der Waals surface area contributed by atoms with Crippen LogP contribution in [0.3, 0.4) is 0 Å². The molecule has 0 unspecified atom stereocenters. The van der Waals surface area contributed by atoms with Gasteiger partial charge in [-0.05, 0) is 30.5 Å². The quantitative estimate of drug-likeness (QED) is 0.117. The summed E-state index contributed by atoms with van der Waals surface area (Å²) in [5.74, 6) is -0.0341. The molecular weight excluding hydrogens is 460 g/mol. The van der Waals surface area contributed by atoms with Gasteiger partial charge in [0.05, 0.1) is 21.7 Å². The number of nitro benzene ring substituents is 1. The first-order valence-corrected chi connectivity index (χ1v) is 12.0. The molecule has 2 N–H and O–H groups in total. The van der Waals surface area contributed by atoms with Gasteiger partial charge in [-0.15, -0.1) is 11.3 Å². The summed E-state index contributed by atoms with van der Waals surface area (Å²) < 4.78 is 0. The molecule has 8 nitrogen and oxygen atoms in total. The molecule has 2 aromatic heterocycles. The van der Waals surface area contributed by atoms with Crippen molar-refractivity contribution >= 4 is 50.6 Å². The number of nitrogens with zero attached hydrogens (tertiary/aromatic N) is 3. The molecule has 0 aliphatic rings. The maximum Gasteiger partial charge on any atom is 0.271 e. The molecule has 0 aliphatic carbocycles. The molecule has 4 rings (SSSR count). The van der Waals surface area contributed by atoms with Gasteiger partial charge in [-0.1, -0.05) is 43.0 Å². The molecule has 2 aromatic carbocycles. The first-order chi connectivity index (χ1) is 15.9. The first-order valence-electron chi connectivity index (χ1n) is 10.1. The van der Waals surface area contributed by atoms with Crippen molar-refractivity contribution in [1.82, 2.24) is 9.97 Å². The van der Waals surface area contributed by atoms with Gasteiger partial charge in [0.25, 0.3) is 5.69 Å². The number of phenols is 1. The summed E-state index contributed by atoms with van der Waals surface area (Å²) >= 11 is 2.79. The number of carbonyl (C=O) groups excluding carboxylic acids is 1. The van der Waals surface area contributed by atoms with Crippen molar-refractivity contribution in [3.8, 4) is 16.9 Å². The molecule has 0 radical (unpaired) electrons. The molecule has 0 aliphatic heterocycles. The lowest BCUT2D eigenvalue weighted by Crippen LogP contribution is -2.14. The van der Waals surface area contributed by atoms with E-state index in [4.69, 9.17) is 0 Å². The van der Waals surface area contributed by atoms with Crippen molar-refractivity contribution < 1.29 is 14.8 Å². The van der Waals surface area contributed by atoms with Crippen LogP contribution in [0, 0.1) is 17.0 Å². The average Bonchev–Trinajstić information content (AvgIpc) is 3.22. The van der Waals surface area contributed by atoms with E-state index in [2.05, 4.69) is 46.5 Å². The van der Waals surface area contributed by atoms with Crippen LogP contribution in [-0.2, 0) is 11.2 Å². The fourth-order valence-electron chi connectivity index (χ4n) is 3.31. The Morgan fingerprint density at radius 2 is 1.97 bits per heavy atom. The molecule has 0 saturated heterocycles. The number of thiophene rings is 1. The summed E-state index contributed by atoms with van der Waals surface area (Å²) in [5, 5.41) is 27.1. The van der Waals surface area contributed by atoms with E-state index in [0.29, 0.717) is 10.9 Å². The minimum absolute atomic E-state index is 0.00829. The van der Waals surface area contributed by atoms with Crippen LogP contribution < -0.4 is 5.32 Å². The number of rotatable bonds is 7. The zero-order valence-corrected chi connectivity index (χ0v) is 19.5. The smallest absolute Gasteiger partial charge is 0.271 e. The lowest BCUT2D eigenvalue weighted by atomic mass is 10.0. The highest BCUT2D eigenvalue weighted by Gasteiger charge is 2.17. The third kappa shape index (κ3) is 4.96.